The van der Waals surface area contributed by atoms with Crippen LogP contribution in [0.5, 0.6) is 17.2 Å². The number of ether oxygens (including phenoxy) is 3. The van der Waals surface area contributed by atoms with Crippen molar-refractivity contribution >= 4 is 34.8 Å². The molecule has 0 bridgehead atoms. The monoisotopic (exact) mass is 399 g/mol. The molecule has 6 nitrogen and oxygen atoms in total. The fourth-order valence-corrected chi connectivity index (χ4v) is 3.91. The Hall–Kier alpha value is -2.93. The largest absolute Gasteiger partial charge is 0.497 e. The number of carbonyl (C=O) groups is 2. The third-order valence-electron chi connectivity index (χ3n) is 4.33. The Kier molecular flexibility index (Phi) is 5.94. The van der Waals surface area contributed by atoms with Gasteiger partial charge in [-0.05, 0) is 24.0 Å². The third kappa shape index (κ3) is 3.33. The van der Waals surface area contributed by atoms with Gasteiger partial charge in [-0.15, -0.1) is 11.8 Å². The second kappa shape index (κ2) is 8.39. The molecule has 0 unspecified atom stereocenters. The van der Waals surface area contributed by atoms with Gasteiger partial charge in [-0.2, -0.15) is 0 Å². The van der Waals surface area contributed by atoms with Crippen LogP contribution in [-0.4, -0.2) is 38.9 Å². The number of hydrogen-bond acceptors (Lipinski definition) is 6. The van der Waals surface area contributed by atoms with Crippen molar-refractivity contribution in [3.63, 3.8) is 0 Å². The minimum atomic E-state index is -0.408. The molecular formula is C21H21NO5S. The minimum Gasteiger partial charge on any atom is -0.497 e. The first-order valence-corrected chi connectivity index (χ1v) is 9.67. The number of para-hydroxylation sites is 1. The van der Waals surface area contributed by atoms with Gasteiger partial charge in [-0.3, -0.25) is 9.59 Å². The van der Waals surface area contributed by atoms with Gasteiger partial charge in [0.1, 0.15) is 17.2 Å². The summed E-state index contributed by atoms with van der Waals surface area (Å²) in [6, 6.07) is 12.2. The molecule has 0 saturated carbocycles. The van der Waals surface area contributed by atoms with E-state index in [1.807, 2.05) is 19.1 Å². The molecule has 2 amide bonds. The molecule has 7 heteroatoms. The SMILES string of the molecule is CCSC1=C(c2ccccc2OC)C(=O)N(c2ccc(OC)cc2OC)C1=O. The first-order valence-electron chi connectivity index (χ1n) is 8.68. The van der Waals surface area contributed by atoms with Crippen molar-refractivity contribution < 1.29 is 23.8 Å². The number of nitrogens with zero attached hydrogens (tertiary/aromatic N) is 1. The standard InChI is InChI=1S/C21H21NO5S/c1-5-28-19-18(14-8-6-7-9-16(14)26-3)20(23)22(21(19)24)15-11-10-13(25-2)12-17(15)27-4/h6-12H,5H2,1-4H3. The number of anilines is 1. The summed E-state index contributed by atoms with van der Waals surface area (Å²) in [4.78, 5) is 28.1. The number of carbonyl (C=O) groups excluding carboxylic acids is 2. The Morgan fingerprint density at radius 1 is 0.893 bits per heavy atom. The summed E-state index contributed by atoms with van der Waals surface area (Å²) in [5.41, 5.74) is 1.30. The Balaban J connectivity index is 2.15. The molecule has 1 heterocycles. The third-order valence-corrected chi connectivity index (χ3v) is 5.29. The van der Waals surface area contributed by atoms with Crippen LogP contribution in [0.4, 0.5) is 5.69 Å². The molecule has 2 aromatic carbocycles. The van der Waals surface area contributed by atoms with Crippen LogP contribution < -0.4 is 19.1 Å². The van der Waals surface area contributed by atoms with Crippen LogP contribution >= 0.6 is 11.8 Å². The maximum atomic E-state index is 13.4. The van der Waals surface area contributed by atoms with Gasteiger partial charge >= 0.3 is 0 Å². The molecule has 1 aliphatic rings. The number of rotatable bonds is 7. The molecule has 0 fully saturated rings. The van der Waals surface area contributed by atoms with Crippen molar-refractivity contribution in [3.05, 3.63) is 52.9 Å². The molecule has 146 valence electrons. The maximum Gasteiger partial charge on any atom is 0.272 e. The molecular weight excluding hydrogens is 378 g/mol. The second-order valence-corrected chi connectivity index (χ2v) is 7.10. The van der Waals surface area contributed by atoms with Crippen molar-refractivity contribution in [3.8, 4) is 17.2 Å². The quantitative estimate of drug-likeness (QED) is 0.661. The van der Waals surface area contributed by atoms with E-state index in [9.17, 15) is 9.59 Å². The lowest BCUT2D eigenvalue weighted by molar-refractivity contribution is -0.119. The lowest BCUT2D eigenvalue weighted by Crippen LogP contribution is -2.31. The van der Waals surface area contributed by atoms with Crippen LogP contribution in [0, 0.1) is 0 Å². The Labute approximate surface area is 168 Å². The van der Waals surface area contributed by atoms with Gasteiger partial charge in [-0.1, -0.05) is 25.1 Å². The lowest BCUT2D eigenvalue weighted by Gasteiger charge is -2.19. The summed E-state index contributed by atoms with van der Waals surface area (Å²) >= 11 is 1.34. The van der Waals surface area contributed by atoms with E-state index in [0.717, 1.165) is 4.90 Å². The average Bonchev–Trinajstić information content (AvgIpc) is 2.97. The van der Waals surface area contributed by atoms with E-state index in [1.165, 1.54) is 33.1 Å². The molecule has 0 N–H and O–H groups in total. The van der Waals surface area contributed by atoms with Gasteiger partial charge in [0.2, 0.25) is 0 Å². The highest BCUT2D eigenvalue weighted by molar-refractivity contribution is 8.04. The molecule has 0 radical (unpaired) electrons. The molecule has 0 saturated heterocycles. The highest BCUT2D eigenvalue weighted by Crippen LogP contribution is 2.43. The average molecular weight is 399 g/mol. The number of imide groups is 1. The molecule has 0 aliphatic carbocycles. The lowest BCUT2D eigenvalue weighted by atomic mass is 10.0. The van der Waals surface area contributed by atoms with Crippen LogP contribution in [0.3, 0.4) is 0 Å². The zero-order valence-corrected chi connectivity index (χ0v) is 17.0. The molecule has 0 spiro atoms. The minimum absolute atomic E-state index is 0.340. The maximum absolute atomic E-state index is 13.4. The topological polar surface area (TPSA) is 65.1 Å². The highest BCUT2D eigenvalue weighted by atomic mass is 32.2. The number of amides is 2. The van der Waals surface area contributed by atoms with Crippen LogP contribution in [0.15, 0.2) is 47.4 Å². The van der Waals surface area contributed by atoms with Crippen LogP contribution in [0.25, 0.3) is 5.57 Å². The molecule has 1 aliphatic heterocycles. The predicted molar refractivity (Wildman–Crippen MR) is 110 cm³/mol. The first kappa shape index (κ1) is 19.8. The fourth-order valence-electron chi connectivity index (χ4n) is 3.07. The first-order chi connectivity index (χ1) is 13.6. The summed E-state index contributed by atoms with van der Waals surface area (Å²) in [6.07, 6.45) is 0. The van der Waals surface area contributed by atoms with Crippen LogP contribution in [0.1, 0.15) is 12.5 Å². The van der Waals surface area contributed by atoms with Gasteiger partial charge < -0.3 is 14.2 Å². The Bertz CT molecular complexity index is 954. The van der Waals surface area contributed by atoms with Gasteiger partial charge in [0.15, 0.2) is 0 Å². The van der Waals surface area contributed by atoms with Crippen molar-refractivity contribution in [2.24, 2.45) is 0 Å². The summed E-state index contributed by atoms with van der Waals surface area (Å²) in [5.74, 6) is 1.36. The normalized spacial score (nSPS) is 13.9. The van der Waals surface area contributed by atoms with E-state index in [0.29, 0.717) is 44.7 Å². The summed E-state index contributed by atoms with van der Waals surface area (Å²) in [6.45, 7) is 1.94. The summed E-state index contributed by atoms with van der Waals surface area (Å²) < 4.78 is 16.0. The zero-order valence-electron chi connectivity index (χ0n) is 16.1. The molecule has 28 heavy (non-hydrogen) atoms. The van der Waals surface area contributed by atoms with Crippen LogP contribution in [0.2, 0.25) is 0 Å². The Morgan fingerprint density at radius 3 is 2.25 bits per heavy atom. The van der Waals surface area contributed by atoms with Crippen molar-refractivity contribution in [2.45, 2.75) is 6.92 Å². The molecule has 0 aromatic heterocycles. The Morgan fingerprint density at radius 2 is 1.61 bits per heavy atom. The van der Waals surface area contributed by atoms with E-state index >= 15 is 0 Å². The summed E-state index contributed by atoms with van der Waals surface area (Å²) in [5, 5.41) is 0. The zero-order chi connectivity index (χ0) is 20.3. The van der Waals surface area contributed by atoms with E-state index in [2.05, 4.69) is 0 Å². The van der Waals surface area contributed by atoms with E-state index in [4.69, 9.17) is 14.2 Å². The number of hydrogen-bond donors (Lipinski definition) is 0. The van der Waals surface area contributed by atoms with Crippen molar-refractivity contribution in [1.82, 2.24) is 0 Å². The molecule has 2 aromatic rings. The van der Waals surface area contributed by atoms with Gasteiger partial charge in [0, 0.05) is 11.6 Å². The smallest absolute Gasteiger partial charge is 0.272 e. The second-order valence-electron chi connectivity index (χ2n) is 5.82. The number of benzene rings is 2. The number of thioether (sulfide) groups is 1. The van der Waals surface area contributed by atoms with Crippen LogP contribution in [-0.2, 0) is 9.59 Å². The van der Waals surface area contributed by atoms with Gasteiger partial charge in [0.05, 0.1) is 37.5 Å². The van der Waals surface area contributed by atoms with E-state index in [1.54, 1.807) is 30.3 Å². The summed E-state index contributed by atoms with van der Waals surface area (Å²) in [7, 11) is 4.56. The van der Waals surface area contributed by atoms with Crippen molar-refractivity contribution in [1.29, 1.82) is 0 Å². The predicted octanol–water partition coefficient (Wildman–Crippen LogP) is 3.75. The van der Waals surface area contributed by atoms with Gasteiger partial charge in [0.25, 0.3) is 11.8 Å². The highest BCUT2D eigenvalue weighted by Gasteiger charge is 2.42. The number of methoxy groups -OCH3 is 3. The molecule has 3 rings (SSSR count). The van der Waals surface area contributed by atoms with Gasteiger partial charge in [-0.25, -0.2) is 4.90 Å². The molecule has 0 atom stereocenters. The fraction of sp³-hybridized carbons (Fsp3) is 0.238. The van der Waals surface area contributed by atoms with Crippen molar-refractivity contribution in [2.75, 3.05) is 32.0 Å². The van der Waals surface area contributed by atoms with E-state index < -0.39 is 5.91 Å². The van der Waals surface area contributed by atoms with E-state index in [-0.39, 0.29) is 5.91 Å².